The van der Waals surface area contributed by atoms with Crippen LogP contribution in [-0.4, -0.2) is 39.8 Å². The fourth-order valence-corrected chi connectivity index (χ4v) is 3.72. The molecule has 1 aromatic carbocycles. The smallest absolute Gasteiger partial charge is 0.242 e. The summed E-state index contributed by atoms with van der Waals surface area (Å²) in [4.78, 5) is 2.04. The van der Waals surface area contributed by atoms with Gasteiger partial charge in [-0.25, -0.2) is 13.1 Å². The molecule has 0 amide bonds. The van der Waals surface area contributed by atoms with Crippen LogP contribution in [0.5, 0.6) is 0 Å². The van der Waals surface area contributed by atoms with Crippen molar-refractivity contribution in [2.24, 2.45) is 0 Å². The van der Waals surface area contributed by atoms with Gasteiger partial charge in [-0.05, 0) is 32.0 Å². The number of nitrogens with one attached hydrogen (secondary N) is 1. The van der Waals surface area contributed by atoms with Gasteiger partial charge in [0.1, 0.15) is 4.90 Å². The largest absolute Gasteiger partial charge is 0.394 e. The molecule has 0 aliphatic carbocycles. The fraction of sp³-hybridized carbons (Fsp3) is 0.500. The lowest BCUT2D eigenvalue weighted by Gasteiger charge is -2.28. The molecule has 1 heterocycles. The third-order valence-electron chi connectivity index (χ3n) is 3.38. The van der Waals surface area contributed by atoms with Crippen LogP contribution in [0.25, 0.3) is 0 Å². The lowest BCUT2D eigenvalue weighted by atomic mass is 10.2. The van der Waals surface area contributed by atoms with Gasteiger partial charge in [-0.15, -0.1) is 0 Å². The zero-order chi connectivity index (χ0) is 14.0. The van der Waals surface area contributed by atoms with Crippen molar-refractivity contribution in [1.82, 2.24) is 4.72 Å². The quantitative estimate of drug-likeness (QED) is 0.877. The van der Waals surface area contributed by atoms with Gasteiger partial charge in [0.25, 0.3) is 0 Å². The van der Waals surface area contributed by atoms with Gasteiger partial charge < -0.3 is 10.0 Å². The van der Waals surface area contributed by atoms with Crippen molar-refractivity contribution in [2.75, 3.05) is 25.1 Å². The zero-order valence-corrected chi connectivity index (χ0v) is 12.2. The van der Waals surface area contributed by atoms with E-state index in [1.807, 2.05) is 4.90 Å². The highest BCUT2D eigenvalue weighted by atomic mass is 35.5. The van der Waals surface area contributed by atoms with Crippen LogP contribution < -0.4 is 9.62 Å². The van der Waals surface area contributed by atoms with Crippen LogP contribution in [-0.2, 0) is 10.0 Å². The van der Waals surface area contributed by atoms with E-state index in [1.165, 1.54) is 13.1 Å². The Balaban J connectivity index is 2.56. The van der Waals surface area contributed by atoms with E-state index in [0.717, 1.165) is 12.8 Å². The molecule has 0 aromatic heterocycles. The zero-order valence-electron chi connectivity index (χ0n) is 10.6. The van der Waals surface area contributed by atoms with E-state index >= 15 is 0 Å². The van der Waals surface area contributed by atoms with Crippen molar-refractivity contribution in [3.8, 4) is 0 Å². The maximum absolute atomic E-state index is 12.1. The number of hydrogen-bond acceptors (Lipinski definition) is 4. The highest BCUT2D eigenvalue weighted by molar-refractivity contribution is 7.89. The molecule has 0 saturated carbocycles. The van der Waals surface area contributed by atoms with Crippen LogP contribution in [0.2, 0.25) is 5.02 Å². The van der Waals surface area contributed by atoms with Crippen LogP contribution in [0.15, 0.2) is 23.1 Å². The van der Waals surface area contributed by atoms with Crippen LogP contribution in [0, 0.1) is 0 Å². The molecular formula is C12H17ClN2O3S. The van der Waals surface area contributed by atoms with Crippen LogP contribution in [0.1, 0.15) is 12.8 Å². The van der Waals surface area contributed by atoms with Crippen LogP contribution in [0.4, 0.5) is 5.69 Å². The van der Waals surface area contributed by atoms with Crippen molar-refractivity contribution in [1.29, 1.82) is 0 Å². The third kappa shape index (κ3) is 2.72. The predicted molar refractivity (Wildman–Crippen MR) is 75.2 cm³/mol. The molecule has 5 nitrogen and oxygen atoms in total. The molecule has 1 aliphatic heterocycles. The number of aliphatic hydroxyl groups is 1. The lowest BCUT2D eigenvalue weighted by Crippen LogP contribution is -2.34. The number of hydrogen-bond donors (Lipinski definition) is 2. The van der Waals surface area contributed by atoms with Crippen molar-refractivity contribution in [2.45, 2.75) is 23.8 Å². The molecule has 7 heteroatoms. The average Bonchev–Trinajstić information content (AvgIpc) is 2.86. The number of nitrogens with zero attached hydrogens (tertiary/aromatic N) is 1. The standard InChI is InChI=1S/C12H17ClN2O3S/c1-14-19(17,18)11-6-2-5-10(13)12(11)15-7-3-4-9(15)8-16/h2,5-6,9,14,16H,3-4,7-8H2,1H3. The van der Waals surface area contributed by atoms with Gasteiger partial charge >= 0.3 is 0 Å². The van der Waals surface area contributed by atoms with E-state index < -0.39 is 10.0 Å². The maximum atomic E-state index is 12.1. The number of halogens is 1. The minimum absolute atomic E-state index is 0.00966. The Hall–Kier alpha value is -0.820. The van der Waals surface area contributed by atoms with E-state index in [0.29, 0.717) is 17.3 Å². The molecule has 0 spiro atoms. The first-order chi connectivity index (χ1) is 9.01. The molecule has 2 rings (SSSR count). The van der Waals surface area contributed by atoms with Crippen molar-refractivity contribution in [3.63, 3.8) is 0 Å². The molecule has 1 fully saturated rings. The number of para-hydroxylation sites is 1. The maximum Gasteiger partial charge on any atom is 0.242 e. The van der Waals surface area contributed by atoms with Gasteiger partial charge in [-0.3, -0.25) is 0 Å². The Bertz CT molecular complexity index is 562. The Morgan fingerprint density at radius 2 is 2.26 bits per heavy atom. The summed E-state index contributed by atoms with van der Waals surface area (Å²) in [6.07, 6.45) is 1.75. The summed E-state index contributed by atoms with van der Waals surface area (Å²) in [5, 5.41) is 9.78. The highest BCUT2D eigenvalue weighted by Crippen LogP contribution is 2.37. The molecule has 106 valence electrons. The molecule has 1 aliphatic rings. The molecule has 2 N–H and O–H groups in total. The number of rotatable bonds is 4. The summed E-state index contributed by atoms with van der Waals surface area (Å²) >= 11 is 6.18. The molecule has 1 aromatic rings. The Kier molecular flexibility index (Phi) is 4.35. The van der Waals surface area contributed by atoms with E-state index in [2.05, 4.69) is 4.72 Å². The van der Waals surface area contributed by atoms with E-state index in [9.17, 15) is 13.5 Å². The summed E-state index contributed by atoms with van der Waals surface area (Å²) in [6, 6.07) is 4.73. The first-order valence-corrected chi connectivity index (χ1v) is 7.97. The minimum Gasteiger partial charge on any atom is -0.394 e. The lowest BCUT2D eigenvalue weighted by molar-refractivity contribution is 0.266. The summed E-state index contributed by atoms with van der Waals surface area (Å²) < 4.78 is 26.4. The Morgan fingerprint density at radius 1 is 1.53 bits per heavy atom. The van der Waals surface area contributed by atoms with E-state index in [1.54, 1.807) is 12.1 Å². The monoisotopic (exact) mass is 304 g/mol. The Labute approximate surface area is 118 Å². The molecule has 19 heavy (non-hydrogen) atoms. The van der Waals surface area contributed by atoms with Gasteiger partial charge in [0, 0.05) is 6.54 Å². The fourth-order valence-electron chi connectivity index (χ4n) is 2.42. The van der Waals surface area contributed by atoms with Crippen molar-refractivity contribution in [3.05, 3.63) is 23.2 Å². The SMILES string of the molecule is CNS(=O)(=O)c1cccc(Cl)c1N1CCCC1CO. The van der Waals surface area contributed by atoms with Crippen LogP contribution in [0.3, 0.4) is 0 Å². The van der Waals surface area contributed by atoms with Gasteiger partial charge in [0.2, 0.25) is 10.0 Å². The number of anilines is 1. The number of sulfonamides is 1. The van der Waals surface area contributed by atoms with E-state index in [-0.39, 0.29) is 17.5 Å². The number of benzene rings is 1. The molecule has 1 saturated heterocycles. The van der Waals surface area contributed by atoms with Crippen molar-refractivity contribution >= 4 is 27.3 Å². The van der Waals surface area contributed by atoms with Gasteiger partial charge in [-0.2, -0.15) is 0 Å². The third-order valence-corrected chi connectivity index (χ3v) is 5.13. The molecule has 0 bridgehead atoms. The average molecular weight is 305 g/mol. The van der Waals surface area contributed by atoms with Gasteiger partial charge in [-0.1, -0.05) is 17.7 Å². The Morgan fingerprint density at radius 3 is 2.89 bits per heavy atom. The first-order valence-electron chi connectivity index (χ1n) is 6.11. The normalized spacial score (nSPS) is 19.9. The van der Waals surface area contributed by atoms with Crippen LogP contribution >= 0.6 is 11.6 Å². The summed E-state index contributed by atoms with van der Waals surface area (Å²) in [6.45, 7) is 0.686. The molecule has 0 radical (unpaired) electrons. The second-order valence-electron chi connectivity index (χ2n) is 4.47. The van der Waals surface area contributed by atoms with Crippen molar-refractivity contribution < 1.29 is 13.5 Å². The molecular weight excluding hydrogens is 288 g/mol. The second kappa shape index (κ2) is 5.66. The topological polar surface area (TPSA) is 69.6 Å². The van der Waals surface area contributed by atoms with E-state index in [4.69, 9.17) is 11.6 Å². The predicted octanol–water partition coefficient (Wildman–Crippen LogP) is 1.21. The second-order valence-corrected chi connectivity index (χ2v) is 6.73. The molecule has 1 unspecified atom stereocenters. The van der Waals surface area contributed by atoms with Gasteiger partial charge in [0.05, 0.1) is 23.4 Å². The molecule has 1 atom stereocenters. The minimum atomic E-state index is -3.58. The highest BCUT2D eigenvalue weighted by Gasteiger charge is 2.30. The summed E-state index contributed by atoms with van der Waals surface area (Å²) in [7, 11) is -2.21. The summed E-state index contributed by atoms with van der Waals surface area (Å²) in [5.74, 6) is 0. The first kappa shape index (κ1) is 14.6. The van der Waals surface area contributed by atoms with Gasteiger partial charge in [0.15, 0.2) is 0 Å². The number of aliphatic hydroxyl groups excluding tert-OH is 1. The summed E-state index contributed by atoms with van der Waals surface area (Å²) in [5.41, 5.74) is 0.482.